The van der Waals surface area contributed by atoms with Gasteiger partial charge in [0.15, 0.2) is 0 Å². The molecule has 0 spiro atoms. The van der Waals surface area contributed by atoms with Crippen LogP contribution in [0, 0.1) is 5.92 Å². The van der Waals surface area contributed by atoms with Gasteiger partial charge in [-0.15, -0.1) is 0 Å². The van der Waals surface area contributed by atoms with Gasteiger partial charge in [-0.3, -0.25) is 4.98 Å². The van der Waals surface area contributed by atoms with Gasteiger partial charge in [-0.25, -0.2) is 4.79 Å². The number of nitrogens with zero attached hydrogens (tertiary/aromatic N) is 1. The maximum absolute atomic E-state index is 10.6. The molecule has 1 N–H and O–H groups in total. The third-order valence-electron chi connectivity index (χ3n) is 2.69. The standard InChI is InChI=1S/C12H15NO3/c14-12(15)10-3-4-11(13-7-10)8-16-6-5-9-1-2-9/h3-4,7,9H,1-2,5-6,8H2,(H,14,15). The van der Waals surface area contributed by atoms with Gasteiger partial charge in [0, 0.05) is 12.8 Å². The zero-order chi connectivity index (χ0) is 11.4. The minimum Gasteiger partial charge on any atom is -0.478 e. The highest BCUT2D eigenvalue weighted by atomic mass is 16.5. The summed E-state index contributed by atoms with van der Waals surface area (Å²) in [6, 6.07) is 3.25. The van der Waals surface area contributed by atoms with E-state index in [1.807, 2.05) is 0 Å². The van der Waals surface area contributed by atoms with E-state index in [9.17, 15) is 4.79 Å². The van der Waals surface area contributed by atoms with E-state index in [0.717, 1.165) is 24.6 Å². The summed E-state index contributed by atoms with van der Waals surface area (Å²) < 4.78 is 5.46. The van der Waals surface area contributed by atoms with Crippen LogP contribution in [0.25, 0.3) is 0 Å². The highest BCUT2D eigenvalue weighted by molar-refractivity contribution is 5.87. The Hall–Kier alpha value is -1.42. The van der Waals surface area contributed by atoms with Crippen LogP contribution in [0.5, 0.6) is 0 Å². The van der Waals surface area contributed by atoms with Crippen LogP contribution in [0.3, 0.4) is 0 Å². The van der Waals surface area contributed by atoms with Crippen LogP contribution < -0.4 is 0 Å². The molecule has 0 unspecified atom stereocenters. The lowest BCUT2D eigenvalue weighted by atomic mass is 10.2. The Labute approximate surface area is 94.3 Å². The molecule has 1 aromatic rings. The zero-order valence-electron chi connectivity index (χ0n) is 9.06. The first-order chi connectivity index (χ1) is 7.75. The summed E-state index contributed by atoms with van der Waals surface area (Å²) in [6.07, 6.45) is 5.18. The first-order valence-corrected chi connectivity index (χ1v) is 5.51. The van der Waals surface area contributed by atoms with Gasteiger partial charge >= 0.3 is 5.97 Å². The van der Waals surface area contributed by atoms with Gasteiger partial charge in [0.05, 0.1) is 17.9 Å². The number of rotatable bonds is 6. The second-order valence-corrected chi connectivity index (χ2v) is 4.13. The summed E-state index contributed by atoms with van der Waals surface area (Å²) in [5.41, 5.74) is 0.988. The minimum atomic E-state index is -0.950. The van der Waals surface area contributed by atoms with Gasteiger partial charge in [0.2, 0.25) is 0 Å². The Morgan fingerprint density at radius 3 is 2.88 bits per heavy atom. The molecule has 1 fully saturated rings. The summed E-state index contributed by atoms with van der Waals surface area (Å²) in [7, 11) is 0. The van der Waals surface area contributed by atoms with Crippen molar-refractivity contribution in [1.82, 2.24) is 4.98 Å². The Kier molecular flexibility index (Phi) is 3.51. The van der Waals surface area contributed by atoms with E-state index in [4.69, 9.17) is 9.84 Å². The van der Waals surface area contributed by atoms with Crippen molar-refractivity contribution in [2.75, 3.05) is 6.61 Å². The third-order valence-corrected chi connectivity index (χ3v) is 2.69. The van der Waals surface area contributed by atoms with E-state index >= 15 is 0 Å². The molecule has 1 aliphatic carbocycles. The number of carbonyl (C=O) groups is 1. The van der Waals surface area contributed by atoms with E-state index in [0.29, 0.717) is 6.61 Å². The van der Waals surface area contributed by atoms with E-state index < -0.39 is 5.97 Å². The largest absolute Gasteiger partial charge is 0.478 e. The molecule has 0 saturated heterocycles. The molecule has 4 heteroatoms. The first-order valence-electron chi connectivity index (χ1n) is 5.51. The van der Waals surface area contributed by atoms with Crippen LogP contribution in [0.2, 0.25) is 0 Å². The molecule has 0 radical (unpaired) electrons. The number of hydrogen-bond acceptors (Lipinski definition) is 3. The molecule has 16 heavy (non-hydrogen) atoms. The van der Waals surface area contributed by atoms with Crippen molar-refractivity contribution < 1.29 is 14.6 Å². The Morgan fingerprint density at radius 1 is 1.50 bits per heavy atom. The van der Waals surface area contributed by atoms with Crippen molar-refractivity contribution >= 4 is 5.97 Å². The molecule has 0 aliphatic heterocycles. The van der Waals surface area contributed by atoms with Crippen molar-refractivity contribution in [3.63, 3.8) is 0 Å². The molecule has 1 aliphatic rings. The van der Waals surface area contributed by atoms with Gasteiger partial charge in [-0.2, -0.15) is 0 Å². The molecule has 1 heterocycles. The monoisotopic (exact) mass is 221 g/mol. The number of carboxylic acids is 1. The molecule has 4 nitrogen and oxygen atoms in total. The third kappa shape index (κ3) is 3.31. The molecule has 0 aromatic carbocycles. The minimum absolute atomic E-state index is 0.210. The second-order valence-electron chi connectivity index (χ2n) is 4.13. The fourth-order valence-electron chi connectivity index (χ4n) is 1.47. The van der Waals surface area contributed by atoms with Crippen LogP contribution in [-0.4, -0.2) is 22.7 Å². The van der Waals surface area contributed by atoms with Gasteiger partial charge in [-0.1, -0.05) is 12.8 Å². The van der Waals surface area contributed by atoms with Crippen LogP contribution in [0.15, 0.2) is 18.3 Å². The molecule has 0 bridgehead atoms. The van der Waals surface area contributed by atoms with Crippen molar-refractivity contribution in [2.45, 2.75) is 25.9 Å². The van der Waals surface area contributed by atoms with Crippen LogP contribution >= 0.6 is 0 Å². The van der Waals surface area contributed by atoms with Gasteiger partial charge in [0.25, 0.3) is 0 Å². The molecule has 2 rings (SSSR count). The van der Waals surface area contributed by atoms with Crippen molar-refractivity contribution in [3.8, 4) is 0 Å². The molecule has 0 atom stereocenters. The van der Waals surface area contributed by atoms with Gasteiger partial charge in [0.1, 0.15) is 0 Å². The predicted octanol–water partition coefficient (Wildman–Crippen LogP) is 2.10. The Balaban J connectivity index is 1.73. The second kappa shape index (κ2) is 5.07. The van der Waals surface area contributed by atoms with Crippen molar-refractivity contribution in [2.24, 2.45) is 5.92 Å². The molecule has 86 valence electrons. The lowest BCUT2D eigenvalue weighted by Gasteiger charge is -2.03. The summed E-state index contributed by atoms with van der Waals surface area (Å²) >= 11 is 0. The number of carboxylic acid groups (broad SMARTS) is 1. The highest BCUT2D eigenvalue weighted by Crippen LogP contribution is 2.32. The first kappa shape index (κ1) is 11.1. The highest BCUT2D eigenvalue weighted by Gasteiger charge is 2.20. The predicted molar refractivity (Wildman–Crippen MR) is 58.2 cm³/mol. The lowest BCUT2D eigenvalue weighted by molar-refractivity contribution is 0.0696. The van der Waals surface area contributed by atoms with Gasteiger partial charge < -0.3 is 9.84 Å². The maximum Gasteiger partial charge on any atom is 0.337 e. The van der Waals surface area contributed by atoms with E-state index in [-0.39, 0.29) is 5.56 Å². The van der Waals surface area contributed by atoms with Gasteiger partial charge in [-0.05, 0) is 24.5 Å². The summed E-state index contributed by atoms with van der Waals surface area (Å²) in [5.74, 6) is -0.0731. The molecule has 1 aromatic heterocycles. The van der Waals surface area contributed by atoms with Crippen molar-refractivity contribution in [1.29, 1.82) is 0 Å². The summed E-state index contributed by atoms with van der Waals surface area (Å²) in [5, 5.41) is 8.69. The van der Waals surface area contributed by atoms with E-state index in [2.05, 4.69) is 4.98 Å². The SMILES string of the molecule is O=C(O)c1ccc(COCCC2CC2)nc1. The Bertz CT molecular complexity index is 357. The average molecular weight is 221 g/mol. The topological polar surface area (TPSA) is 59.4 Å². The summed E-state index contributed by atoms with van der Waals surface area (Å²) in [6.45, 7) is 1.24. The number of ether oxygens (including phenoxy) is 1. The fourth-order valence-corrected chi connectivity index (χ4v) is 1.47. The normalized spacial score (nSPS) is 15.0. The number of aromatic nitrogens is 1. The quantitative estimate of drug-likeness (QED) is 0.747. The van der Waals surface area contributed by atoms with Crippen LogP contribution in [0.1, 0.15) is 35.3 Å². The van der Waals surface area contributed by atoms with Crippen molar-refractivity contribution in [3.05, 3.63) is 29.6 Å². The number of aromatic carboxylic acids is 1. The van der Waals surface area contributed by atoms with E-state index in [1.54, 1.807) is 12.1 Å². The molecular weight excluding hydrogens is 206 g/mol. The summed E-state index contributed by atoms with van der Waals surface area (Å²) in [4.78, 5) is 14.6. The Morgan fingerprint density at radius 2 is 2.31 bits per heavy atom. The fraction of sp³-hybridized carbons (Fsp3) is 0.500. The number of pyridine rings is 1. The van der Waals surface area contributed by atoms with Crippen LogP contribution in [0.4, 0.5) is 0 Å². The molecular formula is C12H15NO3. The smallest absolute Gasteiger partial charge is 0.337 e. The lowest BCUT2D eigenvalue weighted by Crippen LogP contribution is -2.01. The molecule has 1 saturated carbocycles. The van der Waals surface area contributed by atoms with E-state index in [1.165, 1.54) is 19.0 Å². The number of hydrogen-bond donors (Lipinski definition) is 1. The van der Waals surface area contributed by atoms with Crippen LogP contribution in [-0.2, 0) is 11.3 Å². The maximum atomic E-state index is 10.6. The molecule has 0 amide bonds. The average Bonchev–Trinajstić information content (AvgIpc) is 3.09. The zero-order valence-corrected chi connectivity index (χ0v) is 9.06.